The molecule has 0 amide bonds. The topological polar surface area (TPSA) is 26.2 Å². The molecule has 2 aromatic rings. The third kappa shape index (κ3) is 3.64. The largest absolute Gasteiger partial charge is 0.494 e. The SMILES string of the molecule is CCCNCc1c(C)n(CC(C)C)c2ccc(OCC)cc12. The Labute approximate surface area is 134 Å². The van der Waals surface area contributed by atoms with Crippen molar-refractivity contribution in [3.63, 3.8) is 0 Å². The average molecular weight is 302 g/mol. The Morgan fingerprint density at radius 1 is 1.23 bits per heavy atom. The number of fused-ring (bicyclic) bond motifs is 1. The Balaban J connectivity index is 2.47. The standard InChI is InChI=1S/C19H30N2O/c1-6-10-20-12-18-15(5)21(13-14(3)4)19-9-8-16(22-7-2)11-17(18)19/h8-9,11,14,20H,6-7,10,12-13H2,1-5H3. The lowest BCUT2D eigenvalue weighted by Crippen LogP contribution is -2.15. The summed E-state index contributed by atoms with van der Waals surface area (Å²) in [7, 11) is 0. The van der Waals surface area contributed by atoms with Crippen LogP contribution in [0.15, 0.2) is 18.2 Å². The summed E-state index contributed by atoms with van der Waals surface area (Å²) in [5.74, 6) is 1.60. The van der Waals surface area contributed by atoms with E-state index < -0.39 is 0 Å². The van der Waals surface area contributed by atoms with Crippen LogP contribution in [0.1, 0.15) is 45.4 Å². The van der Waals surface area contributed by atoms with Crippen LogP contribution in [0.5, 0.6) is 5.75 Å². The molecule has 122 valence electrons. The Hall–Kier alpha value is -1.48. The van der Waals surface area contributed by atoms with E-state index in [2.05, 4.69) is 55.8 Å². The van der Waals surface area contributed by atoms with Gasteiger partial charge in [0.15, 0.2) is 0 Å². The molecular formula is C19H30N2O. The zero-order valence-electron chi connectivity index (χ0n) is 14.7. The van der Waals surface area contributed by atoms with Crippen LogP contribution in [0.3, 0.4) is 0 Å². The Morgan fingerprint density at radius 3 is 2.64 bits per heavy atom. The van der Waals surface area contributed by atoms with Gasteiger partial charge in [-0.1, -0.05) is 20.8 Å². The summed E-state index contributed by atoms with van der Waals surface area (Å²) < 4.78 is 8.15. The maximum Gasteiger partial charge on any atom is 0.120 e. The molecule has 0 fully saturated rings. The molecule has 0 saturated carbocycles. The molecule has 0 bridgehead atoms. The molecule has 1 N–H and O–H groups in total. The minimum absolute atomic E-state index is 0.636. The van der Waals surface area contributed by atoms with Gasteiger partial charge in [0.1, 0.15) is 5.75 Å². The van der Waals surface area contributed by atoms with E-state index >= 15 is 0 Å². The van der Waals surface area contributed by atoms with Crippen LogP contribution < -0.4 is 10.1 Å². The van der Waals surface area contributed by atoms with Crippen molar-refractivity contribution in [2.45, 2.75) is 54.1 Å². The van der Waals surface area contributed by atoms with E-state index in [1.54, 1.807) is 0 Å². The highest BCUT2D eigenvalue weighted by Crippen LogP contribution is 2.30. The predicted molar refractivity (Wildman–Crippen MR) is 94.7 cm³/mol. The second-order valence-electron chi connectivity index (χ2n) is 6.36. The van der Waals surface area contributed by atoms with Gasteiger partial charge in [-0.25, -0.2) is 0 Å². The summed E-state index contributed by atoms with van der Waals surface area (Å²) in [5, 5.41) is 4.87. The molecule has 1 aromatic carbocycles. The molecule has 22 heavy (non-hydrogen) atoms. The van der Waals surface area contributed by atoms with E-state index in [1.807, 2.05) is 6.92 Å². The average Bonchev–Trinajstić information content (AvgIpc) is 2.72. The molecule has 0 atom stereocenters. The summed E-state index contributed by atoms with van der Waals surface area (Å²) in [5.41, 5.74) is 4.11. The van der Waals surface area contributed by atoms with E-state index in [0.29, 0.717) is 12.5 Å². The van der Waals surface area contributed by atoms with Crippen molar-refractivity contribution >= 4 is 10.9 Å². The number of nitrogens with one attached hydrogen (secondary N) is 1. The van der Waals surface area contributed by atoms with Gasteiger partial charge >= 0.3 is 0 Å². The maximum atomic E-state index is 5.70. The third-order valence-corrected chi connectivity index (χ3v) is 4.01. The molecule has 2 rings (SSSR count). The van der Waals surface area contributed by atoms with Crippen LogP contribution in [-0.4, -0.2) is 17.7 Å². The van der Waals surface area contributed by atoms with Crippen molar-refractivity contribution in [1.29, 1.82) is 0 Å². The van der Waals surface area contributed by atoms with Gasteiger partial charge in [0, 0.05) is 29.7 Å². The van der Waals surface area contributed by atoms with Gasteiger partial charge < -0.3 is 14.6 Å². The summed E-state index contributed by atoms with van der Waals surface area (Å²) in [6.45, 7) is 14.8. The van der Waals surface area contributed by atoms with E-state index in [1.165, 1.54) is 22.2 Å². The molecule has 0 unspecified atom stereocenters. The minimum atomic E-state index is 0.636. The number of nitrogens with zero attached hydrogens (tertiary/aromatic N) is 1. The molecule has 0 saturated heterocycles. The molecule has 0 radical (unpaired) electrons. The van der Waals surface area contributed by atoms with Gasteiger partial charge in [-0.3, -0.25) is 0 Å². The first-order valence-electron chi connectivity index (χ1n) is 8.53. The molecule has 1 heterocycles. The maximum absolute atomic E-state index is 5.70. The molecule has 3 nitrogen and oxygen atoms in total. The van der Waals surface area contributed by atoms with E-state index in [4.69, 9.17) is 4.74 Å². The second-order valence-corrected chi connectivity index (χ2v) is 6.36. The smallest absolute Gasteiger partial charge is 0.120 e. The summed E-state index contributed by atoms with van der Waals surface area (Å²) in [6.07, 6.45) is 1.16. The summed E-state index contributed by atoms with van der Waals surface area (Å²) >= 11 is 0. The number of aromatic nitrogens is 1. The highest BCUT2D eigenvalue weighted by atomic mass is 16.5. The van der Waals surface area contributed by atoms with Crippen molar-refractivity contribution in [1.82, 2.24) is 9.88 Å². The number of hydrogen-bond donors (Lipinski definition) is 1. The van der Waals surface area contributed by atoms with Crippen molar-refractivity contribution in [2.24, 2.45) is 5.92 Å². The van der Waals surface area contributed by atoms with Crippen LogP contribution in [0.2, 0.25) is 0 Å². The van der Waals surface area contributed by atoms with Crippen LogP contribution in [0, 0.1) is 12.8 Å². The predicted octanol–water partition coefficient (Wildman–Crippen LogP) is 4.50. The molecule has 3 heteroatoms. The summed E-state index contributed by atoms with van der Waals surface area (Å²) in [4.78, 5) is 0. The number of hydrogen-bond acceptors (Lipinski definition) is 2. The molecular weight excluding hydrogens is 272 g/mol. The zero-order chi connectivity index (χ0) is 16.1. The second kappa shape index (κ2) is 7.68. The van der Waals surface area contributed by atoms with Gasteiger partial charge in [0.2, 0.25) is 0 Å². The van der Waals surface area contributed by atoms with Gasteiger partial charge in [0.25, 0.3) is 0 Å². The fourth-order valence-electron chi connectivity index (χ4n) is 3.00. The van der Waals surface area contributed by atoms with Crippen molar-refractivity contribution in [2.75, 3.05) is 13.2 Å². The first kappa shape index (κ1) is 16.9. The lowest BCUT2D eigenvalue weighted by Gasteiger charge is -2.12. The van der Waals surface area contributed by atoms with E-state index in [9.17, 15) is 0 Å². The quantitative estimate of drug-likeness (QED) is 0.726. The van der Waals surface area contributed by atoms with E-state index in [-0.39, 0.29) is 0 Å². The van der Waals surface area contributed by atoms with Gasteiger partial charge in [-0.05, 0) is 56.5 Å². The van der Waals surface area contributed by atoms with Gasteiger partial charge in [-0.2, -0.15) is 0 Å². The first-order chi connectivity index (χ1) is 10.6. The van der Waals surface area contributed by atoms with Crippen molar-refractivity contribution < 1.29 is 4.74 Å². The lowest BCUT2D eigenvalue weighted by atomic mass is 10.1. The first-order valence-corrected chi connectivity index (χ1v) is 8.53. The van der Waals surface area contributed by atoms with Gasteiger partial charge in [-0.15, -0.1) is 0 Å². The van der Waals surface area contributed by atoms with Crippen LogP contribution in [0.4, 0.5) is 0 Å². The summed E-state index contributed by atoms with van der Waals surface area (Å²) in [6, 6.07) is 6.50. The number of ether oxygens (including phenoxy) is 1. The highest BCUT2D eigenvalue weighted by molar-refractivity contribution is 5.87. The van der Waals surface area contributed by atoms with Crippen molar-refractivity contribution in [3.05, 3.63) is 29.5 Å². The fraction of sp³-hybridized carbons (Fsp3) is 0.579. The molecule has 0 spiro atoms. The zero-order valence-corrected chi connectivity index (χ0v) is 14.7. The Morgan fingerprint density at radius 2 is 2.00 bits per heavy atom. The highest BCUT2D eigenvalue weighted by Gasteiger charge is 2.15. The fourth-order valence-corrected chi connectivity index (χ4v) is 3.00. The van der Waals surface area contributed by atoms with Gasteiger partial charge in [0.05, 0.1) is 6.61 Å². The molecule has 0 aliphatic heterocycles. The number of benzene rings is 1. The Bertz CT molecular complexity index is 613. The van der Waals surface area contributed by atoms with Crippen LogP contribution >= 0.6 is 0 Å². The normalized spacial score (nSPS) is 11.5. The van der Waals surface area contributed by atoms with Crippen molar-refractivity contribution in [3.8, 4) is 5.75 Å². The minimum Gasteiger partial charge on any atom is -0.494 e. The molecule has 1 aromatic heterocycles. The third-order valence-electron chi connectivity index (χ3n) is 4.01. The number of rotatable bonds is 8. The Kier molecular flexibility index (Phi) is 5.90. The van der Waals surface area contributed by atoms with E-state index in [0.717, 1.165) is 31.8 Å². The molecule has 0 aliphatic rings. The monoisotopic (exact) mass is 302 g/mol. The van der Waals surface area contributed by atoms with Crippen LogP contribution in [0.25, 0.3) is 10.9 Å². The lowest BCUT2D eigenvalue weighted by molar-refractivity contribution is 0.340. The van der Waals surface area contributed by atoms with Crippen LogP contribution in [-0.2, 0) is 13.1 Å². The molecule has 0 aliphatic carbocycles.